The van der Waals surface area contributed by atoms with Crippen LogP contribution in [0, 0.1) is 0 Å². The summed E-state index contributed by atoms with van der Waals surface area (Å²) in [5.74, 6) is 0. The number of nitrogens with zero attached hydrogens (tertiary/aromatic N) is 1. The van der Waals surface area contributed by atoms with Crippen molar-refractivity contribution in [3.05, 3.63) is 0 Å². The monoisotopic (exact) mass is 272 g/mol. The molecule has 0 spiro atoms. The summed E-state index contributed by atoms with van der Waals surface area (Å²) >= 11 is 0. The molecule has 0 aliphatic carbocycles. The Balaban J connectivity index is 2.39. The van der Waals surface area contributed by atoms with Crippen LogP contribution >= 0.6 is 0 Å². The number of carbonyl (C=O) groups excluding carboxylic acids is 1. The zero-order valence-electron chi connectivity index (χ0n) is 12.6. The Hall–Kier alpha value is -0.810. The van der Waals surface area contributed by atoms with Gasteiger partial charge in [0, 0.05) is 19.1 Å². The lowest BCUT2D eigenvalue weighted by atomic mass is 10.1. The van der Waals surface area contributed by atoms with Gasteiger partial charge in [-0.1, -0.05) is 0 Å². The molecule has 0 radical (unpaired) electrons. The molecule has 0 aromatic heterocycles. The van der Waals surface area contributed by atoms with Crippen molar-refractivity contribution in [1.82, 2.24) is 4.90 Å². The molecule has 1 saturated heterocycles. The molecule has 5 heteroatoms. The summed E-state index contributed by atoms with van der Waals surface area (Å²) in [4.78, 5) is 13.8. The molecule has 2 unspecified atom stereocenters. The average molecular weight is 272 g/mol. The first-order chi connectivity index (χ1) is 8.78. The van der Waals surface area contributed by atoms with E-state index >= 15 is 0 Å². The maximum Gasteiger partial charge on any atom is 0.410 e. The van der Waals surface area contributed by atoms with Gasteiger partial charge < -0.3 is 20.1 Å². The number of ether oxygens (including phenoxy) is 2. The van der Waals surface area contributed by atoms with Gasteiger partial charge in [-0.25, -0.2) is 4.79 Å². The predicted octanol–water partition coefficient (Wildman–Crippen LogP) is 2.14. The third kappa shape index (κ3) is 6.78. The molecule has 19 heavy (non-hydrogen) atoms. The van der Waals surface area contributed by atoms with Crippen LogP contribution in [0.25, 0.3) is 0 Å². The zero-order chi connectivity index (χ0) is 14.5. The maximum atomic E-state index is 12.0. The van der Waals surface area contributed by atoms with Gasteiger partial charge in [0.15, 0.2) is 0 Å². The summed E-state index contributed by atoms with van der Waals surface area (Å²) in [7, 11) is 0. The van der Waals surface area contributed by atoms with Crippen molar-refractivity contribution in [2.45, 2.75) is 64.7 Å². The highest BCUT2D eigenvalue weighted by atomic mass is 16.6. The number of nitrogens with two attached hydrogens (primary N) is 1. The molecule has 2 N–H and O–H groups in total. The van der Waals surface area contributed by atoms with Gasteiger partial charge in [-0.15, -0.1) is 0 Å². The molecule has 0 aromatic carbocycles. The van der Waals surface area contributed by atoms with Crippen molar-refractivity contribution in [3.63, 3.8) is 0 Å². The molecule has 1 fully saturated rings. The Bertz CT molecular complexity index is 287. The van der Waals surface area contributed by atoms with Gasteiger partial charge >= 0.3 is 6.09 Å². The molecule has 1 rings (SSSR count). The minimum atomic E-state index is -0.436. The van der Waals surface area contributed by atoms with Crippen LogP contribution in [0.5, 0.6) is 0 Å². The molecular weight excluding hydrogens is 244 g/mol. The van der Waals surface area contributed by atoms with Crippen molar-refractivity contribution in [1.29, 1.82) is 0 Å². The maximum absolute atomic E-state index is 12.0. The van der Waals surface area contributed by atoms with Gasteiger partial charge in [-0.3, -0.25) is 0 Å². The second kappa shape index (κ2) is 7.10. The number of hydrogen-bond acceptors (Lipinski definition) is 4. The van der Waals surface area contributed by atoms with Gasteiger partial charge in [-0.05, 0) is 47.0 Å². The largest absolute Gasteiger partial charge is 0.444 e. The molecular formula is C14H28N2O3. The van der Waals surface area contributed by atoms with Crippen molar-refractivity contribution >= 4 is 6.09 Å². The fourth-order valence-corrected chi connectivity index (χ4v) is 2.03. The minimum absolute atomic E-state index is 0.0604. The van der Waals surface area contributed by atoms with Crippen molar-refractivity contribution < 1.29 is 14.3 Å². The highest BCUT2D eigenvalue weighted by Crippen LogP contribution is 2.17. The van der Waals surface area contributed by atoms with E-state index in [9.17, 15) is 4.79 Å². The topological polar surface area (TPSA) is 64.8 Å². The summed E-state index contributed by atoms with van der Waals surface area (Å²) in [5.41, 5.74) is 5.25. The third-order valence-corrected chi connectivity index (χ3v) is 2.92. The SMILES string of the molecule is CC(N)COC1CCCN(C(=O)OC(C)(C)C)CC1. The Morgan fingerprint density at radius 3 is 2.63 bits per heavy atom. The van der Waals surface area contributed by atoms with E-state index in [-0.39, 0.29) is 18.2 Å². The van der Waals surface area contributed by atoms with Gasteiger partial charge in [0.2, 0.25) is 0 Å². The molecule has 1 aliphatic rings. The van der Waals surface area contributed by atoms with E-state index in [1.54, 1.807) is 4.90 Å². The molecule has 1 heterocycles. The van der Waals surface area contributed by atoms with Crippen molar-refractivity contribution in [2.75, 3.05) is 19.7 Å². The summed E-state index contributed by atoms with van der Waals surface area (Å²) in [6, 6.07) is 0.0604. The number of likely N-dealkylation sites (tertiary alicyclic amines) is 1. The summed E-state index contributed by atoms with van der Waals surface area (Å²) in [6.45, 7) is 9.61. The lowest BCUT2D eigenvalue weighted by Gasteiger charge is -2.26. The molecule has 112 valence electrons. The number of carbonyl (C=O) groups is 1. The first-order valence-corrected chi connectivity index (χ1v) is 7.13. The Kier molecular flexibility index (Phi) is 6.07. The first-order valence-electron chi connectivity index (χ1n) is 7.13. The fourth-order valence-electron chi connectivity index (χ4n) is 2.03. The van der Waals surface area contributed by atoms with Gasteiger partial charge in [0.05, 0.1) is 12.7 Å². The van der Waals surface area contributed by atoms with Crippen LogP contribution in [0.1, 0.15) is 47.0 Å². The third-order valence-electron chi connectivity index (χ3n) is 2.92. The first kappa shape index (κ1) is 16.2. The second-order valence-corrected chi connectivity index (χ2v) is 6.33. The molecule has 1 amide bonds. The molecule has 2 atom stereocenters. The molecule has 5 nitrogen and oxygen atoms in total. The van der Waals surface area contributed by atoms with Crippen LogP contribution in [0.3, 0.4) is 0 Å². The highest BCUT2D eigenvalue weighted by molar-refractivity contribution is 5.68. The smallest absolute Gasteiger partial charge is 0.410 e. The minimum Gasteiger partial charge on any atom is -0.444 e. The van der Waals surface area contributed by atoms with Gasteiger partial charge in [-0.2, -0.15) is 0 Å². The highest BCUT2D eigenvalue weighted by Gasteiger charge is 2.25. The summed E-state index contributed by atoms with van der Waals surface area (Å²) in [5, 5.41) is 0. The summed E-state index contributed by atoms with van der Waals surface area (Å²) < 4.78 is 11.1. The molecule has 0 bridgehead atoms. The molecule has 0 saturated carbocycles. The zero-order valence-corrected chi connectivity index (χ0v) is 12.6. The van der Waals surface area contributed by atoms with Crippen molar-refractivity contribution in [3.8, 4) is 0 Å². The number of amides is 1. The normalized spacial score (nSPS) is 22.8. The number of rotatable bonds is 3. The van der Waals surface area contributed by atoms with Crippen LogP contribution in [0.4, 0.5) is 4.79 Å². The fraction of sp³-hybridized carbons (Fsp3) is 0.929. The van der Waals surface area contributed by atoms with Gasteiger partial charge in [0.1, 0.15) is 5.60 Å². The van der Waals surface area contributed by atoms with E-state index in [4.69, 9.17) is 15.2 Å². The summed E-state index contributed by atoms with van der Waals surface area (Å²) in [6.07, 6.45) is 2.76. The van der Waals surface area contributed by atoms with E-state index < -0.39 is 5.60 Å². The Morgan fingerprint density at radius 1 is 1.37 bits per heavy atom. The standard InChI is InChI=1S/C14H28N2O3/c1-11(15)10-18-12-6-5-8-16(9-7-12)13(17)19-14(2,3)4/h11-12H,5-10,15H2,1-4H3. The van der Waals surface area contributed by atoms with Crippen LogP contribution in [0.15, 0.2) is 0 Å². The molecule has 0 aromatic rings. The quantitative estimate of drug-likeness (QED) is 0.855. The van der Waals surface area contributed by atoms with Crippen molar-refractivity contribution in [2.24, 2.45) is 5.73 Å². The Morgan fingerprint density at radius 2 is 2.05 bits per heavy atom. The van der Waals surface area contributed by atoms with E-state index in [2.05, 4.69) is 0 Å². The lowest BCUT2D eigenvalue weighted by molar-refractivity contribution is 0.0209. The predicted molar refractivity (Wildman–Crippen MR) is 75.0 cm³/mol. The van der Waals surface area contributed by atoms with E-state index in [1.165, 1.54) is 0 Å². The molecule has 1 aliphatic heterocycles. The second-order valence-electron chi connectivity index (χ2n) is 6.33. The number of hydrogen-bond donors (Lipinski definition) is 1. The van der Waals surface area contributed by atoms with Crippen LogP contribution in [0.2, 0.25) is 0 Å². The van der Waals surface area contributed by atoms with E-state index in [0.717, 1.165) is 25.8 Å². The van der Waals surface area contributed by atoms with Crippen LogP contribution in [-0.4, -0.2) is 48.4 Å². The van der Waals surface area contributed by atoms with Crippen LogP contribution < -0.4 is 5.73 Å². The van der Waals surface area contributed by atoms with E-state index in [1.807, 2.05) is 27.7 Å². The average Bonchev–Trinajstić information content (AvgIpc) is 2.49. The van der Waals surface area contributed by atoms with Crippen LogP contribution in [-0.2, 0) is 9.47 Å². The van der Waals surface area contributed by atoms with Gasteiger partial charge in [0.25, 0.3) is 0 Å². The van der Waals surface area contributed by atoms with E-state index in [0.29, 0.717) is 13.2 Å². The lowest BCUT2D eigenvalue weighted by Crippen LogP contribution is -2.37. The Labute approximate surface area is 116 Å².